The van der Waals surface area contributed by atoms with Crippen LogP contribution in [0.1, 0.15) is 16.2 Å². The summed E-state index contributed by atoms with van der Waals surface area (Å²) < 4.78 is 2.20. The molecule has 1 amide bonds. The molecular formula is C24H27N9O. The summed E-state index contributed by atoms with van der Waals surface area (Å²) in [6.07, 6.45) is 7.02. The van der Waals surface area contributed by atoms with Crippen LogP contribution in [0.4, 0.5) is 11.6 Å². The van der Waals surface area contributed by atoms with Crippen molar-refractivity contribution in [1.29, 1.82) is 0 Å². The van der Waals surface area contributed by atoms with Crippen LogP contribution in [0.15, 0.2) is 49.1 Å². The van der Waals surface area contributed by atoms with Gasteiger partial charge in [-0.3, -0.25) is 9.78 Å². The number of carbonyl (C=O) groups is 1. The predicted molar refractivity (Wildman–Crippen MR) is 132 cm³/mol. The molecule has 10 heteroatoms. The Morgan fingerprint density at radius 2 is 1.94 bits per heavy atom. The average molecular weight is 458 g/mol. The molecule has 5 heterocycles. The average Bonchev–Trinajstić information content (AvgIpc) is 3.28. The summed E-state index contributed by atoms with van der Waals surface area (Å²) in [5, 5.41) is 11.3. The number of nitrogens with one attached hydrogen (secondary N) is 3. The molecule has 4 aromatic heterocycles. The second-order valence-electron chi connectivity index (χ2n) is 8.49. The maximum atomic E-state index is 12.9. The largest absolute Gasteiger partial charge is 0.369 e. The van der Waals surface area contributed by atoms with E-state index in [1.807, 2.05) is 32.4 Å². The van der Waals surface area contributed by atoms with Crippen molar-refractivity contribution in [2.24, 2.45) is 0 Å². The van der Waals surface area contributed by atoms with Crippen LogP contribution in [0.25, 0.3) is 22.2 Å². The second-order valence-corrected chi connectivity index (χ2v) is 8.49. The first-order chi connectivity index (χ1) is 16.6. The lowest BCUT2D eigenvalue weighted by molar-refractivity contribution is 0.102. The van der Waals surface area contributed by atoms with Gasteiger partial charge in [0.05, 0.1) is 24.1 Å². The molecule has 34 heavy (non-hydrogen) atoms. The third kappa shape index (κ3) is 4.73. The van der Waals surface area contributed by atoms with E-state index in [0.717, 1.165) is 60.7 Å². The molecule has 1 aliphatic rings. The fourth-order valence-corrected chi connectivity index (χ4v) is 3.91. The maximum absolute atomic E-state index is 12.9. The minimum atomic E-state index is -0.239. The van der Waals surface area contributed by atoms with Crippen LogP contribution in [0.3, 0.4) is 0 Å². The molecule has 3 N–H and O–H groups in total. The number of likely N-dealkylation sites (N-methyl/N-ethyl adjacent to an activating group) is 1. The predicted octanol–water partition coefficient (Wildman–Crippen LogP) is 2.22. The molecule has 1 aliphatic heterocycles. The molecule has 0 aliphatic carbocycles. The van der Waals surface area contributed by atoms with Crippen LogP contribution < -0.4 is 16.0 Å². The van der Waals surface area contributed by atoms with Crippen molar-refractivity contribution < 1.29 is 4.79 Å². The monoisotopic (exact) mass is 457 g/mol. The zero-order valence-electron chi connectivity index (χ0n) is 19.2. The minimum Gasteiger partial charge on any atom is -0.369 e. The van der Waals surface area contributed by atoms with Gasteiger partial charge in [0, 0.05) is 55.7 Å². The van der Waals surface area contributed by atoms with E-state index in [1.165, 1.54) is 0 Å². The fourth-order valence-electron chi connectivity index (χ4n) is 3.91. The van der Waals surface area contributed by atoms with Gasteiger partial charge < -0.3 is 25.4 Å². The normalized spacial score (nSPS) is 13.1. The summed E-state index contributed by atoms with van der Waals surface area (Å²) in [4.78, 5) is 32.7. The summed E-state index contributed by atoms with van der Waals surface area (Å²) in [5.74, 6) is 1.92. The highest BCUT2D eigenvalue weighted by Gasteiger charge is 2.16. The standard InChI is InChI=1S/C24H27N9O/c1-32(2)7-6-27-21-10-16(3-4-26-21)24(34)31-22-11-17-9-19(28-12-18(17)13-29-22)20-14-30-23-15-25-5-8-33(20)23/h3-4,9-14,25H,5-8,15H2,1-2H3,(H,26,27)(H,29,31,34). The number of nitrogens with zero attached hydrogens (tertiary/aromatic N) is 6. The Bertz CT molecular complexity index is 1330. The molecule has 4 aromatic rings. The highest BCUT2D eigenvalue weighted by Crippen LogP contribution is 2.25. The van der Waals surface area contributed by atoms with E-state index >= 15 is 0 Å². The van der Waals surface area contributed by atoms with Crippen molar-refractivity contribution in [3.63, 3.8) is 0 Å². The van der Waals surface area contributed by atoms with Crippen molar-refractivity contribution in [2.45, 2.75) is 13.1 Å². The lowest BCUT2D eigenvalue weighted by Crippen LogP contribution is -2.28. The van der Waals surface area contributed by atoms with E-state index in [1.54, 1.807) is 30.7 Å². The Kier molecular flexibility index (Phi) is 6.15. The zero-order chi connectivity index (χ0) is 23.5. The molecule has 0 fully saturated rings. The van der Waals surface area contributed by atoms with Gasteiger partial charge in [-0.2, -0.15) is 0 Å². The quantitative estimate of drug-likeness (QED) is 0.387. The van der Waals surface area contributed by atoms with Crippen molar-refractivity contribution in [3.8, 4) is 11.4 Å². The zero-order valence-corrected chi connectivity index (χ0v) is 19.2. The first kappa shape index (κ1) is 21.9. The van der Waals surface area contributed by atoms with E-state index < -0.39 is 0 Å². The van der Waals surface area contributed by atoms with E-state index in [4.69, 9.17) is 0 Å². The number of hydrogen-bond donors (Lipinski definition) is 3. The molecule has 0 aromatic carbocycles. The van der Waals surface area contributed by atoms with E-state index in [2.05, 4.69) is 45.4 Å². The van der Waals surface area contributed by atoms with Gasteiger partial charge in [-0.1, -0.05) is 0 Å². The molecule has 10 nitrogen and oxygen atoms in total. The van der Waals surface area contributed by atoms with E-state index in [-0.39, 0.29) is 5.91 Å². The molecular weight excluding hydrogens is 430 g/mol. The number of rotatable bonds is 7. The summed E-state index contributed by atoms with van der Waals surface area (Å²) in [6.45, 7) is 4.14. The van der Waals surface area contributed by atoms with Gasteiger partial charge in [0.25, 0.3) is 5.91 Å². The number of anilines is 2. The van der Waals surface area contributed by atoms with Gasteiger partial charge in [-0.15, -0.1) is 0 Å². The number of carbonyl (C=O) groups excluding carboxylic acids is 1. The molecule has 0 bridgehead atoms. The Morgan fingerprint density at radius 1 is 1.06 bits per heavy atom. The number of hydrogen-bond acceptors (Lipinski definition) is 8. The van der Waals surface area contributed by atoms with Crippen molar-refractivity contribution in [2.75, 3.05) is 44.4 Å². The molecule has 174 valence electrons. The van der Waals surface area contributed by atoms with Gasteiger partial charge in [-0.05, 0) is 43.7 Å². The van der Waals surface area contributed by atoms with Crippen LogP contribution in [0, 0.1) is 0 Å². The van der Waals surface area contributed by atoms with Crippen LogP contribution in [-0.4, -0.2) is 69.0 Å². The maximum Gasteiger partial charge on any atom is 0.257 e. The number of pyridine rings is 3. The van der Waals surface area contributed by atoms with Crippen LogP contribution in [-0.2, 0) is 13.1 Å². The summed E-state index contributed by atoms with van der Waals surface area (Å²) >= 11 is 0. The lowest BCUT2D eigenvalue weighted by Gasteiger charge is -2.17. The summed E-state index contributed by atoms with van der Waals surface area (Å²) in [7, 11) is 4.02. The SMILES string of the molecule is CN(C)CCNc1cc(C(=O)Nc2cc3cc(-c4cnc5n4CCNC5)ncc3cn2)ccn1. The van der Waals surface area contributed by atoms with E-state index in [0.29, 0.717) is 17.2 Å². The van der Waals surface area contributed by atoms with Gasteiger partial charge in [0.1, 0.15) is 17.5 Å². The summed E-state index contributed by atoms with van der Waals surface area (Å²) in [6, 6.07) is 7.31. The van der Waals surface area contributed by atoms with Gasteiger partial charge in [-0.25, -0.2) is 15.0 Å². The Morgan fingerprint density at radius 3 is 2.82 bits per heavy atom. The Labute approximate surface area is 197 Å². The number of imidazole rings is 1. The van der Waals surface area contributed by atoms with Crippen molar-refractivity contribution in [3.05, 3.63) is 60.4 Å². The number of amides is 1. The molecule has 0 atom stereocenters. The molecule has 0 spiro atoms. The molecule has 0 unspecified atom stereocenters. The molecule has 0 saturated heterocycles. The van der Waals surface area contributed by atoms with E-state index in [9.17, 15) is 4.79 Å². The Balaban J connectivity index is 1.34. The number of aromatic nitrogens is 5. The van der Waals surface area contributed by atoms with Gasteiger partial charge in [0.15, 0.2) is 0 Å². The third-order valence-corrected chi connectivity index (χ3v) is 5.73. The Hall–Kier alpha value is -3.89. The van der Waals surface area contributed by atoms with Crippen molar-refractivity contribution in [1.82, 2.24) is 34.7 Å². The molecule has 0 saturated carbocycles. The third-order valence-electron chi connectivity index (χ3n) is 5.73. The van der Waals surface area contributed by atoms with Crippen LogP contribution in [0.5, 0.6) is 0 Å². The smallest absolute Gasteiger partial charge is 0.257 e. The summed E-state index contributed by atoms with van der Waals surface area (Å²) in [5.41, 5.74) is 2.35. The molecule has 0 radical (unpaired) electrons. The second kappa shape index (κ2) is 9.54. The van der Waals surface area contributed by atoms with Crippen LogP contribution >= 0.6 is 0 Å². The topological polar surface area (TPSA) is 113 Å². The first-order valence-electron chi connectivity index (χ1n) is 11.2. The van der Waals surface area contributed by atoms with Gasteiger partial charge >= 0.3 is 0 Å². The van der Waals surface area contributed by atoms with Crippen molar-refractivity contribution >= 4 is 28.3 Å². The highest BCUT2D eigenvalue weighted by atomic mass is 16.1. The van der Waals surface area contributed by atoms with Crippen LogP contribution in [0.2, 0.25) is 0 Å². The lowest BCUT2D eigenvalue weighted by atomic mass is 10.1. The first-order valence-corrected chi connectivity index (χ1v) is 11.2. The highest BCUT2D eigenvalue weighted by molar-refractivity contribution is 6.04. The fraction of sp³-hybridized carbons (Fsp3) is 0.292. The minimum absolute atomic E-state index is 0.239. The van der Waals surface area contributed by atoms with Gasteiger partial charge in [0.2, 0.25) is 0 Å². The number of fused-ring (bicyclic) bond motifs is 2. The molecule has 5 rings (SSSR count).